The number of carbonyl (C=O) groups is 2. The molecule has 0 radical (unpaired) electrons. The zero-order chi connectivity index (χ0) is 29.4. The molecule has 0 aliphatic carbocycles. The summed E-state index contributed by atoms with van der Waals surface area (Å²) in [6.45, 7) is 9.56. The summed E-state index contributed by atoms with van der Waals surface area (Å²) in [6, 6.07) is 10.1. The predicted molar refractivity (Wildman–Crippen MR) is 154 cm³/mol. The van der Waals surface area contributed by atoms with Crippen LogP contribution in [0.1, 0.15) is 60.5 Å². The minimum atomic E-state index is -0.965. The number of hydrogen-bond donors (Lipinski definition) is 0. The van der Waals surface area contributed by atoms with Crippen LogP contribution in [0.15, 0.2) is 42.7 Å². The molecule has 0 saturated carbocycles. The van der Waals surface area contributed by atoms with Gasteiger partial charge in [0, 0.05) is 67.2 Å². The van der Waals surface area contributed by atoms with E-state index in [-0.39, 0.29) is 53.9 Å². The van der Waals surface area contributed by atoms with Crippen LogP contribution in [0.5, 0.6) is 0 Å². The average Bonchev–Trinajstić information content (AvgIpc) is 3.59. The fourth-order valence-corrected chi connectivity index (χ4v) is 6.79. The van der Waals surface area contributed by atoms with Crippen LogP contribution in [-0.2, 0) is 34.5 Å². The molecule has 2 saturated heterocycles. The van der Waals surface area contributed by atoms with E-state index in [1.807, 2.05) is 55.9 Å². The van der Waals surface area contributed by atoms with Gasteiger partial charge in [-0.3, -0.25) is 4.79 Å². The fourth-order valence-electron chi connectivity index (χ4n) is 6.79. The maximum atomic E-state index is 15.4. The first-order valence-electron chi connectivity index (χ1n) is 14.4. The van der Waals surface area contributed by atoms with Gasteiger partial charge in [-0.25, -0.2) is 20.5 Å². The number of anilines is 1. The van der Waals surface area contributed by atoms with Crippen LogP contribution in [0.4, 0.5) is 14.9 Å². The first kappa shape index (κ1) is 31.8. The summed E-state index contributed by atoms with van der Waals surface area (Å²) in [6.07, 6.45) is 5.19. The number of imidazole rings is 1. The zero-order valence-electron chi connectivity index (χ0n) is 25.4. The monoisotopic (exact) mass is 593 g/mol. The second-order valence-corrected chi connectivity index (χ2v) is 13.1. The molecule has 12 heteroatoms. The van der Waals surface area contributed by atoms with Crippen molar-refractivity contribution < 1.29 is 47.8 Å². The largest absolute Gasteiger partial charge is 2.00 e. The molecule has 3 aromatic rings. The minimum absolute atomic E-state index is 0. The molecule has 0 bridgehead atoms. The number of nitrogens with zero attached hydrogens (tertiary/aromatic N) is 5. The van der Waals surface area contributed by atoms with Gasteiger partial charge in [0.25, 0.3) is 5.91 Å². The second-order valence-electron chi connectivity index (χ2n) is 13.1. The molecule has 1 aromatic heterocycles. The Kier molecular flexibility index (Phi) is 8.21. The Bertz CT molecular complexity index is 1600. The molecule has 1 atom stereocenters. The van der Waals surface area contributed by atoms with Gasteiger partial charge in [0.1, 0.15) is 11.4 Å². The molecule has 226 valence electrons. The van der Waals surface area contributed by atoms with Crippen LogP contribution in [0.2, 0.25) is 0 Å². The van der Waals surface area contributed by atoms with Crippen molar-refractivity contribution in [3.8, 4) is 11.1 Å². The van der Waals surface area contributed by atoms with E-state index in [2.05, 4.69) is 9.88 Å². The number of amides is 2. The molecule has 1 spiro atoms. The van der Waals surface area contributed by atoms with Gasteiger partial charge in [-0.1, -0.05) is 12.1 Å². The third-order valence-electron chi connectivity index (χ3n) is 8.81. The van der Waals surface area contributed by atoms with Crippen molar-refractivity contribution in [1.29, 1.82) is 0 Å². The van der Waals surface area contributed by atoms with Crippen molar-refractivity contribution in [3.05, 3.63) is 71.1 Å². The number of aryl methyl sites for hydroxylation is 1. The van der Waals surface area contributed by atoms with Crippen molar-refractivity contribution in [3.63, 3.8) is 0 Å². The number of aromatic nitrogens is 2. The SMILES string of the molecule is CC(C)(C)OC(=O)N1CC2(C1)CN(c1ccc(-c3cc(F)c4c(c3)C(=O)N(C([C-]=O)c3ncn5c3CCC5)C4)cc1)C2.[Li+].[O-2]. The first-order chi connectivity index (χ1) is 20.0. The van der Waals surface area contributed by atoms with Gasteiger partial charge in [0.05, 0.1) is 12.0 Å². The summed E-state index contributed by atoms with van der Waals surface area (Å²) in [5, 5.41) is 0. The molecule has 4 aliphatic rings. The molecule has 10 nitrogen and oxygen atoms in total. The summed E-state index contributed by atoms with van der Waals surface area (Å²) in [4.78, 5) is 47.6. The Hall–Kier alpha value is -3.65. The summed E-state index contributed by atoms with van der Waals surface area (Å²) >= 11 is 0. The predicted octanol–water partition coefficient (Wildman–Crippen LogP) is 1.38. The molecule has 2 fully saturated rings. The number of likely N-dealkylation sites (tertiary alicyclic amines) is 1. The number of carbonyl (C=O) groups excluding carboxylic acids is 3. The third kappa shape index (κ3) is 5.31. The van der Waals surface area contributed by atoms with E-state index in [4.69, 9.17) is 4.74 Å². The minimum Gasteiger partial charge on any atom is -2.00 e. The number of ether oxygens (including phenoxy) is 1. The molecule has 44 heavy (non-hydrogen) atoms. The molecule has 2 amide bonds. The van der Waals surface area contributed by atoms with Gasteiger partial charge in [-0.05, 0) is 75.0 Å². The van der Waals surface area contributed by atoms with Gasteiger partial charge in [0.15, 0.2) is 0 Å². The molecule has 2 aromatic carbocycles. The summed E-state index contributed by atoms with van der Waals surface area (Å²) in [5.41, 5.74) is 4.11. The molecule has 1 unspecified atom stereocenters. The normalized spacial score (nSPS) is 18.5. The molecule has 0 N–H and O–H groups in total. The Morgan fingerprint density at radius 3 is 2.45 bits per heavy atom. The van der Waals surface area contributed by atoms with Crippen LogP contribution >= 0.6 is 0 Å². The Morgan fingerprint density at radius 1 is 1.09 bits per heavy atom. The van der Waals surface area contributed by atoms with E-state index < -0.39 is 17.5 Å². The van der Waals surface area contributed by atoms with Crippen LogP contribution in [0, 0.1) is 11.2 Å². The van der Waals surface area contributed by atoms with Gasteiger partial charge in [0.2, 0.25) is 0 Å². The molecule has 4 aliphatic heterocycles. The van der Waals surface area contributed by atoms with Crippen molar-refractivity contribution in [2.24, 2.45) is 5.41 Å². The van der Waals surface area contributed by atoms with E-state index in [1.165, 1.54) is 11.0 Å². The van der Waals surface area contributed by atoms with Crippen LogP contribution < -0.4 is 23.8 Å². The number of fused-ring (bicyclic) bond motifs is 2. The Morgan fingerprint density at radius 2 is 1.80 bits per heavy atom. The third-order valence-corrected chi connectivity index (χ3v) is 8.81. The standard InChI is InChI=1S/C32H33FN5O4.Li.O/c1-31(2,3)42-30(41)37-17-32(18-37)15-36(16-32)22-8-6-20(7-9-22)21-11-23-24(25(33)12-21)13-38(29(23)40)27(14-39)28-26-5-4-10-35(26)19-34-28;;/h6-9,11-12,19,27H,4-5,10,13,15-18H2,1-3H3;;/q-1;+1;-2. The summed E-state index contributed by atoms with van der Waals surface area (Å²) < 4.78 is 22.8. The van der Waals surface area contributed by atoms with E-state index in [0.717, 1.165) is 49.4 Å². The zero-order valence-corrected chi connectivity index (χ0v) is 25.4. The maximum absolute atomic E-state index is 15.4. The van der Waals surface area contributed by atoms with Gasteiger partial charge < -0.3 is 34.3 Å². The van der Waals surface area contributed by atoms with Gasteiger partial charge >= 0.3 is 25.0 Å². The number of hydrogen-bond acceptors (Lipinski definition) is 6. The van der Waals surface area contributed by atoms with E-state index >= 15 is 4.39 Å². The summed E-state index contributed by atoms with van der Waals surface area (Å²) in [5.74, 6) is -0.853. The molecule has 5 heterocycles. The van der Waals surface area contributed by atoms with Crippen molar-refractivity contribution in [1.82, 2.24) is 19.4 Å². The van der Waals surface area contributed by atoms with Crippen molar-refractivity contribution >= 4 is 24.0 Å². The average molecular weight is 594 g/mol. The maximum Gasteiger partial charge on any atom is 1.00 e. The van der Waals surface area contributed by atoms with Gasteiger partial charge in [-0.2, -0.15) is 0 Å². The summed E-state index contributed by atoms with van der Waals surface area (Å²) in [7, 11) is 0. The Labute approximate surface area is 267 Å². The fraction of sp³-hybridized carbons (Fsp3) is 0.438. The van der Waals surface area contributed by atoms with Crippen molar-refractivity contribution in [2.75, 3.05) is 31.1 Å². The molecular weight excluding hydrogens is 560 g/mol. The van der Waals surface area contributed by atoms with E-state index in [0.29, 0.717) is 29.9 Å². The van der Waals surface area contributed by atoms with Crippen molar-refractivity contribution in [2.45, 2.75) is 58.3 Å². The number of benzene rings is 2. The molecule has 7 rings (SSSR count). The van der Waals surface area contributed by atoms with Gasteiger partial charge in [-0.15, -0.1) is 0 Å². The van der Waals surface area contributed by atoms with Crippen LogP contribution in [-0.4, -0.2) is 69.4 Å². The van der Waals surface area contributed by atoms with Crippen LogP contribution in [0.3, 0.4) is 0 Å². The number of rotatable bonds is 5. The Balaban J connectivity index is 0.00000192. The van der Waals surface area contributed by atoms with E-state index in [1.54, 1.807) is 17.3 Å². The van der Waals surface area contributed by atoms with Crippen LogP contribution in [0.25, 0.3) is 11.1 Å². The quantitative estimate of drug-likeness (QED) is 0.326. The first-order valence-corrected chi connectivity index (χ1v) is 14.4. The smallest absolute Gasteiger partial charge is 1.00 e. The second kappa shape index (κ2) is 11.4. The molecular formula is C32H33FLiN5O5-2. The topological polar surface area (TPSA) is 116 Å². The number of halogens is 1. The van der Waals surface area contributed by atoms with E-state index in [9.17, 15) is 14.4 Å².